The number of carbonyl (C=O) groups is 2. The summed E-state index contributed by atoms with van der Waals surface area (Å²) in [6.07, 6.45) is -3.18. The van der Waals surface area contributed by atoms with Crippen molar-refractivity contribution in [3.8, 4) is 17.2 Å². The number of nitrogens with zero attached hydrogens (tertiary/aromatic N) is 3. The maximum atomic E-state index is 14.1. The van der Waals surface area contributed by atoms with Crippen molar-refractivity contribution in [3.05, 3.63) is 47.2 Å². The zero-order valence-corrected chi connectivity index (χ0v) is 22.3. The second kappa shape index (κ2) is 10.1. The molecule has 4 atom stereocenters. The summed E-state index contributed by atoms with van der Waals surface area (Å²) in [5.74, 6) is -6.77. The van der Waals surface area contributed by atoms with E-state index in [1.807, 2.05) is 6.07 Å². The molecule has 3 aliphatic rings. The average molecular weight is 601 g/mol. The zero-order valence-electron chi connectivity index (χ0n) is 20.7. The monoisotopic (exact) mass is 600 g/mol. The van der Waals surface area contributed by atoms with Gasteiger partial charge in [0.05, 0.1) is 52.3 Å². The third-order valence-corrected chi connectivity index (χ3v) is 9.51. The molecule has 0 bridgehead atoms. The molecular weight excluding hydrogens is 579 g/mol. The first-order chi connectivity index (χ1) is 18.7. The van der Waals surface area contributed by atoms with Gasteiger partial charge in [0.15, 0.2) is 0 Å². The normalized spacial score (nSPS) is 25.4. The fourth-order valence-corrected chi connectivity index (χ4v) is 7.11. The topological polar surface area (TPSA) is 103 Å². The summed E-state index contributed by atoms with van der Waals surface area (Å²) in [5.41, 5.74) is -1.69. The van der Waals surface area contributed by atoms with Crippen molar-refractivity contribution < 1.29 is 35.8 Å². The summed E-state index contributed by atoms with van der Waals surface area (Å²) in [4.78, 5) is 30.4. The number of halogens is 6. The maximum Gasteiger partial charge on any atom is 0.417 e. The SMILES string of the molecule is N#CC1(NC(=O)[C@@H]2CC(S(=O)c3ccc(-c4ccnc(Cl)c4)cc3C(F)(F)F)CC2C(=O)N2CC(F)(F)C2)CC1. The molecule has 0 radical (unpaired) electrons. The summed E-state index contributed by atoms with van der Waals surface area (Å²) in [7, 11) is -2.30. The van der Waals surface area contributed by atoms with E-state index in [2.05, 4.69) is 10.3 Å². The molecule has 2 aromatic rings. The van der Waals surface area contributed by atoms with Crippen molar-refractivity contribution >= 4 is 34.2 Å². The first kappa shape index (κ1) is 28.4. The highest BCUT2D eigenvalue weighted by molar-refractivity contribution is 7.85. The van der Waals surface area contributed by atoms with Gasteiger partial charge in [0.2, 0.25) is 11.8 Å². The summed E-state index contributed by atoms with van der Waals surface area (Å²) in [5, 5.41) is 11.0. The number of rotatable bonds is 6. The fourth-order valence-electron chi connectivity index (χ4n) is 5.22. The quantitative estimate of drug-likeness (QED) is 0.386. The minimum Gasteiger partial charge on any atom is -0.338 e. The largest absolute Gasteiger partial charge is 0.417 e. The standard InChI is InChI=1S/C26H22ClF5N4O3S/c27-21-8-15(3-6-34-21)14-1-2-20(19(7-14)26(30,31)32)40(39)16-9-17(22(37)35-24(11-33)4-5-24)18(10-16)23(38)36-12-25(28,29)13-36/h1-3,6-8,16-18H,4-5,9-10,12-13H2,(H,35,37)/t16?,17-,18?,40?/m1/s1. The summed E-state index contributed by atoms with van der Waals surface area (Å²) < 4.78 is 83.0. The lowest BCUT2D eigenvalue weighted by molar-refractivity contribution is -0.171. The molecule has 14 heteroatoms. The number of amides is 2. The highest BCUT2D eigenvalue weighted by Crippen LogP contribution is 2.44. The van der Waals surface area contributed by atoms with Gasteiger partial charge in [-0.15, -0.1) is 0 Å². The number of nitrogens with one attached hydrogen (secondary N) is 1. The number of hydrogen-bond acceptors (Lipinski definition) is 5. The van der Waals surface area contributed by atoms with Crippen LogP contribution < -0.4 is 5.32 Å². The number of nitriles is 1. The van der Waals surface area contributed by atoms with Crippen molar-refractivity contribution in [2.45, 2.75) is 53.5 Å². The third-order valence-electron chi connectivity index (χ3n) is 7.52. The van der Waals surface area contributed by atoms with Gasteiger partial charge in [0.1, 0.15) is 10.7 Å². The fraction of sp³-hybridized carbons (Fsp3) is 0.462. The maximum absolute atomic E-state index is 14.1. The van der Waals surface area contributed by atoms with Crippen molar-refractivity contribution in [2.24, 2.45) is 11.8 Å². The predicted octanol–water partition coefficient (Wildman–Crippen LogP) is 4.57. The molecule has 0 spiro atoms. The van der Waals surface area contributed by atoms with Gasteiger partial charge in [-0.2, -0.15) is 18.4 Å². The minimum absolute atomic E-state index is 0.0778. The molecule has 3 fully saturated rings. The number of hydrogen-bond donors (Lipinski definition) is 1. The molecule has 1 aromatic carbocycles. The lowest BCUT2D eigenvalue weighted by Gasteiger charge is -2.40. The molecule has 7 nitrogen and oxygen atoms in total. The Hall–Kier alpha value is -3.11. The van der Waals surface area contributed by atoms with E-state index in [0.717, 1.165) is 17.0 Å². The van der Waals surface area contributed by atoms with Crippen molar-refractivity contribution in [1.82, 2.24) is 15.2 Å². The Morgan fingerprint density at radius 3 is 2.33 bits per heavy atom. The number of pyridine rings is 1. The highest BCUT2D eigenvalue weighted by Gasteiger charge is 2.54. The molecule has 1 saturated heterocycles. The van der Waals surface area contributed by atoms with E-state index in [1.54, 1.807) is 0 Å². The van der Waals surface area contributed by atoms with E-state index in [9.17, 15) is 41.0 Å². The second-order valence-electron chi connectivity index (χ2n) is 10.4. The molecule has 2 saturated carbocycles. The van der Waals surface area contributed by atoms with Crippen LogP contribution in [-0.2, 0) is 26.6 Å². The van der Waals surface area contributed by atoms with Crippen LogP contribution in [0.15, 0.2) is 41.4 Å². The van der Waals surface area contributed by atoms with Gasteiger partial charge in [-0.3, -0.25) is 13.8 Å². The van der Waals surface area contributed by atoms with E-state index >= 15 is 0 Å². The highest BCUT2D eigenvalue weighted by atomic mass is 35.5. The van der Waals surface area contributed by atoms with Crippen LogP contribution in [0.4, 0.5) is 22.0 Å². The molecule has 2 heterocycles. The van der Waals surface area contributed by atoms with Crippen molar-refractivity contribution in [2.75, 3.05) is 13.1 Å². The van der Waals surface area contributed by atoms with Gasteiger partial charge >= 0.3 is 6.18 Å². The van der Waals surface area contributed by atoms with E-state index < -0.39 is 80.9 Å². The number of carbonyl (C=O) groups excluding carboxylic acids is 2. The number of benzene rings is 1. The van der Waals surface area contributed by atoms with Crippen LogP contribution >= 0.6 is 11.6 Å². The minimum atomic E-state index is -4.88. The predicted molar refractivity (Wildman–Crippen MR) is 133 cm³/mol. The van der Waals surface area contributed by atoms with Gasteiger partial charge in [0.25, 0.3) is 5.92 Å². The van der Waals surface area contributed by atoms with Gasteiger partial charge in [-0.05, 0) is 61.1 Å². The molecular formula is C26H22ClF5N4O3S. The number of alkyl halides is 5. The molecule has 2 amide bonds. The molecule has 3 unspecified atom stereocenters. The van der Waals surface area contributed by atoms with Gasteiger partial charge in [-0.25, -0.2) is 13.8 Å². The Balaban J connectivity index is 1.44. The Labute approximate surface area is 233 Å². The van der Waals surface area contributed by atoms with Crippen LogP contribution in [0.1, 0.15) is 31.2 Å². The van der Waals surface area contributed by atoms with E-state index in [1.165, 1.54) is 24.4 Å². The smallest absolute Gasteiger partial charge is 0.338 e. The van der Waals surface area contributed by atoms with Crippen LogP contribution in [-0.4, -0.2) is 55.7 Å². The van der Waals surface area contributed by atoms with E-state index in [-0.39, 0.29) is 23.6 Å². The molecule has 212 valence electrons. The van der Waals surface area contributed by atoms with E-state index in [4.69, 9.17) is 11.6 Å². The molecule has 1 aliphatic heterocycles. The average Bonchev–Trinajstić information content (AvgIpc) is 3.51. The Morgan fingerprint density at radius 2 is 1.75 bits per heavy atom. The number of likely N-dealkylation sites (tertiary alicyclic amines) is 1. The number of aromatic nitrogens is 1. The van der Waals surface area contributed by atoms with Crippen LogP contribution in [0.3, 0.4) is 0 Å². The van der Waals surface area contributed by atoms with Crippen LogP contribution in [0, 0.1) is 23.2 Å². The second-order valence-corrected chi connectivity index (χ2v) is 12.5. The summed E-state index contributed by atoms with van der Waals surface area (Å²) in [6.45, 7) is -1.66. The van der Waals surface area contributed by atoms with Gasteiger partial charge < -0.3 is 10.2 Å². The molecule has 1 aromatic heterocycles. The van der Waals surface area contributed by atoms with Crippen molar-refractivity contribution in [1.29, 1.82) is 5.26 Å². The molecule has 40 heavy (non-hydrogen) atoms. The van der Waals surface area contributed by atoms with Crippen LogP contribution in [0.5, 0.6) is 0 Å². The Kier molecular flexibility index (Phi) is 7.15. The lowest BCUT2D eigenvalue weighted by atomic mass is 9.92. The Bertz CT molecular complexity index is 1430. The van der Waals surface area contributed by atoms with Gasteiger partial charge in [0, 0.05) is 11.4 Å². The van der Waals surface area contributed by atoms with Crippen LogP contribution in [0.25, 0.3) is 11.1 Å². The van der Waals surface area contributed by atoms with Crippen molar-refractivity contribution in [3.63, 3.8) is 0 Å². The van der Waals surface area contributed by atoms with Gasteiger partial charge in [-0.1, -0.05) is 17.7 Å². The molecule has 5 rings (SSSR count). The molecule has 2 aliphatic carbocycles. The molecule has 1 N–H and O–H groups in total. The first-order valence-electron chi connectivity index (χ1n) is 12.4. The third kappa shape index (κ3) is 5.56. The lowest BCUT2D eigenvalue weighted by Crippen LogP contribution is -2.60. The zero-order chi connectivity index (χ0) is 29.0. The Morgan fingerprint density at radius 1 is 1.10 bits per heavy atom. The van der Waals surface area contributed by atoms with Crippen LogP contribution in [0.2, 0.25) is 5.15 Å². The summed E-state index contributed by atoms with van der Waals surface area (Å²) in [6, 6.07) is 8.16. The summed E-state index contributed by atoms with van der Waals surface area (Å²) >= 11 is 5.87. The first-order valence-corrected chi connectivity index (χ1v) is 13.9. The van der Waals surface area contributed by atoms with E-state index in [0.29, 0.717) is 18.4 Å².